The maximum atomic E-state index is 12.4. The molecule has 7 nitrogen and oxygen atoms in total. The first-order chi connectivity index (χ1) is 13.8. The SMILES string of the molecule is CC(C)C(C)(C)OB(O)c1ccc2nc(C3(NC(=O)OC(C)(C)C)CCC3)[nH]c2c1. The molecule has 1 aliphatic rings. The van der Waals surface area contributed by atoms with Gasteiger partial charge in [-0.2, -0.15) is 0 Å². The van der Waals surface area contributed by atoms with Gasteiger partial charge < -0.3 is 24.7 Å². The summed E-state index contributed by atoms with van der Waals surface area (Å²) in [6, 6.07) is 5.54. The summed E-state index contributed by atoms with van der Waals surface area (Å²) in [7, 11) is -1.03. The Labute approximate surface area is 179 Å². The standard InChI is InChI=1S/C22H34BN3O4/c1-14(2)21(6,7)30-23(28)15-9-10-16-17(13-15)25-18(24-16)22(11-8-12-22)26-19(27)29-20(3,4)5/h9-10,13-14,28H,8,11-12H2,1-7H3,(H,24,25)(H,26,27). The number of aromatic amines is 1. The van der Waals surface area contributed by atoms with Crippen LogP contribution in [0.5, 0.6) is 0 Å². The van der Waals surface area contributed by atoms with Crippen molar-refractivity contribution in [3.05, 3.63) is 24.0 Å². The Hall–Kier alpha value is -2.06. The smallest absolute Gasteiger partial charge is 0.444 e. The number of amides is 1. The van der Waals surface area contributed by atoms with E-state index in [2.05, 4.69) is 24.1 Å². The van der Waals surface area contributed by atoms with E-state index in [9.17, 15) is 9.82 Å². The van der Waals surface area contributed by atoms with Crippen molar-refractivity contribution in [1.82, 2.24) is 15.3 Å². The summed E-state index contributed by atoms with van der Waals surface area (Å²) in [4.78, 5) is 20.4. The van der Waals surface area contributed by atoms with Crippen molar-refractivity contribution < 1.29 is 19.2 Å². The highest BCUT2D eigenvalue weighted by molar-refractivity contribution is 6.60. The molecule has 1 aliphatic carbocycles. The van der Waals surface area contributed by atoms with E-state index in [1.165, 1.54) is 0 Å². The number of benzene rings is 1. The zero-order valence-corrected chi connectivity index (χ0v) is 19.1. The molecule has 1 amide bonds. The monoisotopic (exact) mass is 415 g/mol. The van der Waals surface area contributed by atoms with Gasteiger partial charge in [0.25, 0.3) is 0 Å². The van der Waals surface area contributed by atoms with Crippen molar-refractivity contribution >= 4 is 29.7 Å². The Bertz CT molecular complexity index is 913. The number of carbonyl (C=O) groups excluding carboxylic acids is 1. The number of aromatic nitrogens is 2. The quantitative estimate of drug-likeness (QED) is 0.627. The van der Waals surface area contributed by atoms with E-state index < -0.39 is 30.0 Å². The normalized spacial score (nSPS) is 16.4. The molecule has 1 heterocycles. The van der Waals surface area contributed by atoms with E-state index in [0.29, 0.717) is 11.3 Å². The van der Waals surface area contributed by atoms with Gasteiger partial charge in [-0.05, 0) is 77.4 Å². The zero-order valence-electron chi connectivity index (χ0n) is 19.1. The Morgan fingerprint density at radius 2 is 1.93 bits per heavy atom. The first-order valence-corrected chi connectivity index (χ1v) is 10.7. The fourth-order valence-corrected chi connectivity index (χ4v) is 3.35. The molecule has 1 saturated carbocycles. The molecule has 0 bridgehead atoms. The lowest BCUT2D eigenvalue weighted by atomic mass is 9.76. The highest BCUT2D eigenvalue weighted by Gasteiger charge is 2.44. The predicted octanol–water partition coefficient (Wildman–Crippen LogP) is 3.61. The van der Waals surface area contributed by atoms with Crippen LogP contribution in [0.25, 0.3) is 11.0 Å². The number of fused-ring (bicyclic) bond motifs is 1. The number of ether oxygens (including phenoxy) is 1. The van der Waals surface area contributed by atoms with Gasteiger partial charge in [0.1, 0.15) is 17.0 Å². The first kappa shape index (κ1) is 22.6. The van der Waals surface area contributed by atoms with Crippen LogP contribution < -0.4 is 10.8 Å². The van der Waals surface area contributed by atoms with Crippen LogP contribution in [0, 0.1) is 5.92 Å². The lowest BCUT2D eigenvalue weighted by molar-refractivity contribution is 0.0365. The maximum absolute atomic E-state index is 12.4. The van der Waals surface area contributed by atoms with E-state index in [0.717, 1.165) is 30.3 Å². The second-order valence-electron chi connectivity index (χ2n) is 10.2. The van der Waals surface area contributed by atoms with Gasteiger partial charge in [-0.3, -0.25) is 0 Å². The number of carbonyl (C=O) groups is 1. The van der Waals surface area contributed by atoms with E-state index in [1.54, 1.807) is 0 Å². The van der Waals surface area contributed by atoms with Crippen molar-refractivity contribution in [2.75, 3.05) is 0 Å². The molecule has 30 heavy (non-hydrogen) atoms. The number of nitrogens with zero attached hydrogens (tertiary/aromatic N) is 1. The minimum Gasteiger partial charge on any atom is -0.444 e. The highest BCUT2D eigenvalue weighted by atomic mass is 16.6. The number of hydrogen-bond acceptors (Lipinski definition) is 5. The second kappa shape index (κ2) is 7.89. The molecular weight excluding hydrogens is 381 g/mol. The molecule has 3 N–H and O–H groups in total. The number of imidazole rings is 1. The van der Waals surface area contributed by atoms with Crippen molar-refractivity contribution in [2.24, 2.45) is 5.92 Å². The van der Waals surface area contributed by atoms with Crippen molar-refractivity contribution in [3.63, 3.8) is 0 Å². The maximum Gasteiger partial charge on any atom is 0.491 e. The lowest BCUT2D eigenvalue weighted by Gasteiger charge is -2.40. The molecule has 0 aliphatic heterocycles. The van der Waals surface area contributed by atoms with Gasteiger partial charge in [-0.25, -0.2) is 9.78 Å². The summed E-state index contributed by atoms with van der Waals surface area (Å²) in [6.07, 6.45) is 2.16. The number of H-pyrrole nitrogens is 1. The Morgan fingerprint density at radius 3 is 2.47 bits per heavy atom. The number of alkyl carbamates (subject to hydrolysis) is 1. The van der Waals surface area contributed by atoms with Crippen molar-refractivity contribution in [1.29, 1.82) is 0 Å². The van der Waals surface area contributed by atoms with Gasteiger partial charge in [-0.1, -0.05) is 19.9 Å². The molecule has 3 rings (SSSR count). The third-order valence-corrected chi connectivity index (χ3v) is 6.00. The summed E-state index contributed by atoms with van der Waals surface area (Å²) in [5.41, 5.74) is 0.676. The molecule has 0 radical (unpaired) electrons. The number of hydrogen-bond donors (Lipinski definition) is 3. The number of nitrogens with one attached hydrogen (secondary N) is 2. The van der Waals surface area contributed by atoms with E-state index in [4.69, 9.17) is 14.4 Å². The fourth-order valence-electron chi connectivity index (χ4n) is 3.35. The largest absolute Gasteiger partial charge is 0.491 e. The van der Waals surface area contributed by atoms with Crippen LogP contribution in [0.4, 0.5) is 4.79 Å². The summed E-state index contributed by atoms with van der Waals surface area (Å²) in [5.74, 6) is 0.969. The molecular formula is C22H34BN3O4. The van der Waals surface area contributed by atoms with Crippen LogP contribution in [-0.2, 0) is 14.9 Å². The summed E-state index contributed by atoms with van der Waals surface area (Å²) >= 11 is 0. The van der Waals surface area contributed by atoms with Crippen LogP contribution in [0.15, 0.2) is 18.2 Å². The van der Waals surface area contributed by atoms with Crippen LogP contribution in [0.2, 0.25) is 0 Å². The highest BCUT2D eigenvalue weighted by Crippen LogP contribution is 2.40. The lowest BCUT2D eigenvalue weighted by Crippen LogP contribution is -2.52. The molecule has 2 aromatic rings. The van der Waals surface area contributed by atoms with Crippen molar-refractivity contribution in [2.45, 2.75) is 84.5 Å². The Morgan fingerprint density at radius 1 is 1.27 bits per heavy atom. The third-order valence-electron chi connectivity index (χ3n) is 6.00. The van der Waals surface area contributed by atoms with Crippen LogP contribution in [0.1, 0.15) is 73.6 Å². The topological polar surface area (TPSA) is 96.5 Å². The van der Waals surface area contributed by atoms with Gasteiger partial charge in [0.15, 0.2) is 0 Å². The minimum atomic E-state index is -1.03. The van der Waals surface area contributed by atoms with Gasteiger partial charge in [0.2, 0.25) is 0 Å². The van der Waals surface area contributed by atoms with Crippen LogP contribution in [-0.4, -0.2) is 39.4 Å². The van der Waals surface area contributed by atoms with Gasteiger partial charge in [0.05, 0.1) is 16.6 Å². The Balaban J connectivity index is 1.82. The Kier molecular flexibility index (Phi) is 5.95. The summed E-state index contributed by atoms with van der Waals surface area (Å²) in [6.45, 7) is 13.6. The summed E-state index contributed by atoms with van der Waals surface area (Å²) in [5, 5.41) is 13.6. The van der Waals surface area contributed by atoms with Gasteiger partial charge >= 0.3 is 13.2 Å². The average Bonchev–Trinajstić information content (AvgIpc) is 2.99. The summed E-state index contributed by atoms with van der Waals surface area (Å²) < 4.78 is 11.3. The molecule has 0 atom stereocenters. The molecule has 0 saturated heterocycles. The van der Waals surface area contributed by atoms with Gasteiger partial charge in [-0.15, -0.1) is 0 Å². The molecule has 1 aromatic carbocycles. The average molecular weight is 415 g/mol. The first-order valence-electron chi connectivity index (χ1n) is 10.7. The predicted molar refractivity (Wildman–Crippen MR) is 119 cm³/mol. The molecule has 8 heteroatoms. The van der Waals surface area contributed by atoms with Gasteiger partial charge in [0, 0.05) is 0 Å². The van der Waals surface area contributed by atoms with E-state index >= 15 is 0 Å². The zero-order chi connectivity index (χ0) is 22.3. The number of rotatable bonds is 6. The second-order valence-corrected chi connectivity index (χ2v) is 10.2. The molecule has 1 aromatic heterocycles. The van der Waals surface area contributed by atoms with E-state index in [-0.39, 0.29) is 5.92 Å². The van der Waals surface area contributed by atoms with E-state index in [1.807, 2.05) is 52.8 Å². The molecule has 1 fully saturated rings. The molecule has 0 spiro atoms. The molecule has 164 valence electrons. The third kappa shape index (κ3) is 4.81. The fraction of sp³-hybridized carbons (Fsp3) is 0.636. The minimum absolute atomic E-state index is 0.257. The van der Waals surface area contributed by atoms with Crippen LogP contribution >= 0.6 is 0 Å². The molecule has 0 unspecified atom stereocenters. The van der Waals surface area contributed by atoms with Crippen molar-refractivity contribution in [3.8, 4) is 0 Å². The van der Waals surface area contributed by atoms with Crippen LogP contribution in [0.3, 0.4) is 0 Å².